The minimum Gasteiger partial charge on any atom is -0.599 e. The molecule has 0 fully saturated rings. The molecule has 0 aliphatic carbocycles. The first-order valence-electron chi connectivity index (χ1n) is 4.61. The maximum Gasteiger partial charge on any atom is 0.159 e. The van der Waals surface area contributed by atoms with E-state index in [1.807, 2.05) is 6.92 Å². The molecule has 74 valence electrons. The second-order valence-electron chi connectivity index (χ2n) is 3.60. The van der Waals surface area contributed by atoms with Gasteiger partial charge in [0.25, 0.3) is 0 Å². The van der Waals surface area contributed by atoms with Gasteiger partial charge in [0.2, 0.25) is 0 Å². The summed E-state index contributed by atoms with van der Waals surface area (Å²) in [5.41, 5.74) is 7.78. The monoisotopic (exact) mass is 191 g/mol. The molecule has 1 aromatic carbocycles. The summed E-state index contributed by atoms with van der Waals surface area (Å²) in [6.45, 7) is 2.38. The number of quaternary nitrogens is 1. The predicted octanol–water partition coefficient (Wildman–Crippen LogP) is 1.85. The zero-order valence-electron chi connectivity index (χ0n) is 8.10. The van der Waals surface area contributed by atoms with Gasteiger partial charge in [0.15, 0.2) is 5.69 Å². The molecule has 1 aliphatic rings. The van der Waals surface area contributed by atoms with Crippen LogP contribution in [0.15, 0.2) is 29.4 Å². The summed E-state index contributed by atoms with van der Waals surface area (Å²) in [6.07, 6.45) is 0.772. The van der Waals surface area contributed by atoms with Crippen LogP contribution in [0, 0.1) is 5.21 Å². The third kappa shape index (κ3) is 1.49. The summed E-state index contributed by atoms with van der Waals surface area (Å²) in [5.74, 6) is 0. The lowest BCUT2D eigenvalue weighted by molar-refractivity contribution is 0.430. The van der Waals surface area contributed by atoms with Crippen LogP contribution in [0.2, 0.25) is 0 Å². The van der Waals surface area contributed by atoms with Crippen molar-refractivity contribution < 1.29 is 0 Å². The Morgan fingerprint density at radius 3 is 2.50 bits per heavy atom. The van der Waals surface area contributed by atoms with Crippen molar-refractivity contribution in [1.82, 2.24) is 4.76 Å². The van der Waals surface area contributed by atoms with Crippen LogP contribution in [-0.2, 0) is 0 Å². The molecule has 1 aromatic rings. The van der Waals surface area contributed by atoms with Crippen molar-refractivity contribution in [1.29, 1.82) is 0 Å². The summed E-state index contributed by atoms with van der Waals surface area (Å²) in [6, 6.07) is 6.95. The average Bonchev–Trinajstić information content (AvgIpc) is 2.48. The number of hydrogen-bond donors (Lipinski definition) is 1. The van der Waals surface area contributed by atoms with E-state index in [0.717, 1.165) is 12.1 Å². The van der Waals surface area contributed by atoms with Crippen LogP contribution in [0.5, 0.6) is 0 Å². The molecule has 0 bridgehead atoms. The molecular weight excluding hydrogens is 178 g/mol. The first-order valence-corrected chi connectivity index (χ1v) is 4.61. The number of nitrogens with two attached hydrogens (primary N) is 1. The summed E-state index contributed by atoms with van der Waals surface area (Å²) >= 11 is 0. The maximum absolute atomic E-state index is 12.1. The molecule has 0 saturated carbocycles. The van der Waals surface area contributed by atoms with Gasteiger partial charge in [-0.15, -0.1) is 0 Å². The van der Waals surface area contributed by atoms with Gasteiger partial charge in [-0.25, -0.2) is 0 Å². The quantitative estimate of drug-likeness (QED) is 0.418. The van der Waals surface area contributed by atoms with Crippen LogP contribution < -0.4 is 10.5 Å². The summed E-state index contributed by atoms with van der Waals surface area (Å²) in [4.78, 5) is 0. The molecule has 2 N–H and O–H groups in total. The van der Waals surface area contributed by atoms with E-state index >= 15 is 0 Å². The summed E-state index contributed by atoms with van der Waals surface area (Å²) in [7, 11) is 0. The molecule has 4 nitrogen and oxygen atoms in total. The Morgan fingerprint density at radius 2 is 2.00 bits per heavy atom. The Hall–Kier alpha value is -1.39. The van der Waals surface area contributed by atoms with E-state index in [0.29, 0.717) is 17.9 Å². The standard InChI is InChI=1S/C10H13N3O/c1-8-6-7-13(14,12-8)10-4-2-9(11)3-5-10/h2-5H,6-7,11H2,1H3. The normalized spacial score (nSPS) is 26.3. The van der Waals surface area contributed by atoms with E-state index in [2.05, 4.69) is 5.10 Å². The third-order valence-electron chi connectivity index (χ3n) is 2.41. The molecule has 0 aromatic heterocycles. The Kier molecular flexibility index (Phi) is 2.02. The Morgan fingerprint density at radius 1 is 1.36 bits per heavy atom. The largest absolute Gasteiger partial charge is 0.599 e. The molecule has 14 heavy (non-hydrogen) atoms. The molecular formula is C10H13N3O. The van der Waals surface area contributed by atoms with Crippen molar-refractivity contribution in [3.63, 3.8) is 0 Å². The minimum absolute atomic E-state index is 0.496. The molecule has 1 aliphatic heterocycles. The van der Waals surface area contributed by atoms with Crippen LogP contribution >= 0.6 is 0 Å². The number of nitrogen functional groups attached to an aromatic ring is 1. The van der Waals surface area contributed by atoms with Gasteiger partial charge in [-0.2, -0.15) is 4.76 Å². The third-order valence-corrected chi connectivity index (χ3v) is 2.41. The van der Waals surface area contributed by atoms with E-state index in [1.165, 1.54) is 0 Å². The Balaban J connectivity index is 2.35. The molecule has 2 rings (SSSR count). The van der Waals surface area contributed by atoms with E-state index in [4.69, 9.17) is 5.73 Å². The molecule has 0 amide bonds. The van der Waals surface area contributed by atoms with Crippen LogP contribution in [0.3, 0.4) is 0 Å². The number of benzene rings is 1. The van der Waals surface area contributed by atoms with Crippen LogP contribution in [0.1, 0.15) is 13.3 Å². The summed E-state index contributed by atoms with van der Waals surface area (Å²) < 4.78 is -0.591. The van der Waals surface area contributed by atoms with Gasteiger partial charge >= 0.3 is 0 Å². The highest BCUT2D eigenvalue weighted by Gasteiger charge is 2.26. The fourth-order valence-corrected chi connectivity index (χ4v) is 1.58. The van der Waals surface area contributed by atoms with E-state index in [1.54, 1.807) is 24.3 Å². The predicted molar refractivity (Wildman–Crippen MR) is 58.6 cm³/mol. The van der Waals surface area contributed by atoms with Crippen molar-refractivity contribution in [2.45, 2.75) is 13.3 Å². The van der Waals surface area contributed by atoms with Crippen molar-refractivity contribution in [2.24, 2.45) is 5.10 Å². The van der Waals surface area contributed by atoms with E-state index in [9.17, 15) is 5.21 Å². The first-order chi connectivity index (χ1) is 6.60. The van der Waals surface area contributed by atoms with Gasteiger partial charge in [0, 0.05) is 24.2 Å². The highest BCUT2D eigenvalue weighted by atomic mass is 16.6. The van der Waals surface area contributed by atoms with Crippen molar-refractivity contribution in [2.75, 3.05) is 12.3 Å². The zero-order chi connectivity index (χ0) is 10.2. The Bertz CT molecular complexity index is 371. The van der Waals surface area contributed by atoms with Crippen molar-refractivity contribution in [3.8, 4) is 0 Å². The van der Waals surface area contributed by atoms with E-state index in [-0.39, 0.29) is 0 Å². The topological polar surface area (TPSA) is 61.4 Å². The van der Waals surface area contributed by atoms with Gasteiger partial charge in [-0.3, -0.25) is 0 Å². The summed E-state index contributed by atoms with van der Waals surface area (Å²) in [5, 5.41) is 16.2. The second-order valence-corrected chi connectivity index (χ2v) is 3.60. The number of hydroxylamine groups is 1. The SMILES string of the molecule is CC1=N[N+]([O-])(c2ccc(N)cc2)CC1. The van der Waals surface area contributed by atoms with Crippen molar-refractivity contribution >= 4 is 17.1 Å². The van der Waals surface area contributed by atoms with Crippen LogP contribution in [-0.4, -0.2) is 12.3 Å². The number of rotatable bonds is 1. The molecule has 0 saturated heterocycles. The second kappa shape index (κ2) is 3.08. The van der Waals surface area contributed by atoms with Gasteiger partial charge in [-0.05, 0) is 19.1 Å². The van der Waals surface area contributed by atoms with Gasteiger partial charge in [0.1, 0.15) is 6.54 Å². The van der Waals surface area contributed by atoms with Gasteiger partial charge < -0.3 is 10.9 Å². The molecule has 1 heterocycles. The number of nitrogens with zero attached hydrogens (tertiary/aromatic N) is 2. The van der Waals surface area contributed by atoms with Crippen LogP contribution in [0.25, 0.3) is 0 Å². The lowest BCUT2D eigenvalue weighted by Crippen LogP contribution is -2.34. The average molecular weight is 191 g/mol. The van der Waals surface area contributed by atoms with Gasteiger partial charge in [0.05, 0.1) is 5.71 Å². The highest BCUT2D eigenvalue weighted by molar-refractivity contribution is 5.84. The maximum atomic E-state index is 12.1. The van der Waals surface area contributed by atoms with Gasteiger partial charge in [-0.1, -0.05) is 5.10 Å². The molecule has 1 atom stereocenters. The Labute approximate surface area is 82.8 Å². The fraction of sp³-hybridized carbons (Fsp3) is 0.300. The fourth-order valence-electron chi connectivity index (χ4n) is 1.58. The molecule has 1 unspecified atom stereocenters. The number of anilines is 1. The van der Waals surface area contributed by atoms with E-state index < -0.39 is 4.76 Å². The molecule has 0 spiro atoms. The first kappa shape index (κ1) is 9.18. The lowest BCUT2D eigenvalue weighted by atomic mass is 10.2. The van der Waals surface area contributed by atoms with Crippen molar-refractivity contribution in [3.05, 3.63) is 29.5 Å². The zero-order valence-corrected chi connectivity index (χ0v) is 8.10. The number of hydrogen-bond acceptors (Lipinski definition) is 3. The molecule has 4 heteroatoms. The smallest absolute Gasteiger partial charge is 0.159 e. The molecule has 0 radical (unpaired) electrons. The minimum atomic E-state index is -0.591. The highest BCUT2D eigenvalue weighted by Crippen LogP contribution is 2.27. The lowest BCUT2D eigenvalue weighted by Gasteiger charge is -2.31. The van der Waals surface area contributed by atoms with Crippen LogP contribution in [0.4, 0.5) is 11.4 Å².